The summed E-state index contributed by atoms with van der Waals surface area (Å²) in [5.74, 6) is -4.19. The summed E-state index contributed by atoms with van der Waals surface area (Å²) in [7, 11) is 0. The molecule has 12 heteroatoms. The van der Waals surface area contributed by atoms with Crippen LogP contribution in [0, 0.1) is 11.7 Å². The van der Waals surface area contributed by atoms with E-state index in [4.69, 9.17) is 5.11 Å². The molecule has 2 heterocycles. The number of nitrogens with zero attached hydrogens (tertiary/aromatic N) is 3. The Morgan fingerprint density at radius 2 is 1.75 bits per heavy atom. The van der Waals surface area contributed by atoms with Crippen LogP contribution in [-0.2, 0) is 6.54 Å². The van der Waals surface area contributed by atoms with E-state index in [0.29, 0.717) is 16.0 Å². The Morgan fingerprint density at radius 1 is 1.06 bits per heavy atom. The van der Waals surface area contributed by atoms with Gasteiger partial charge in [0.2, 0.25) is 0 Å². The number of carbonyl (C=O) groups is 1. The van der Waals surface area contributed by atoms with Crippen molar-refractivity contribution in [1.82, 2.24) is 14.8 Å². The van der Waals surface area contributed by atoms with Crippen LogP contribution in [0.4, 0.5) is 35.5 Å². The van der Waals surface area contributed by atoms with Crippen LogP contribution in [-0.4, -0.2) is 64.0 Å². The summed E-state index contributed by atoms with van der Waals surface area (Å²) in [6, 6.07) is 6.42. The summed E-state index contributed by atoms with van der Waals surface area (Å²) in [4.78, 5) is 16.8. The van der Waals surface area contributed by atoms with E-state index in [-0.39, 0.29) is 25.3 Å². The van der Waals surface area contributed by atoms with Gasteiger partial charge in [-0.15, -0.1) is 0 Å². The predicted molar refractivity (Wildman–Crippen MR) is 99.0 cm³/mol. The molecule has 32 heavy (non-hydrogen) atoms. The lowest BCUT2D eigenvalue weighted by atomic mass is 9.94. The number of alkyl halides is 6. The molecule has 1 atom stereocenters. The monoisotopic (exact) mass is 465 g/mol. The molecule has 1 N–H and O–H groups in total. The zero-order valence-corrected chi connectivity index (χ0v) is 16.4. The van der Waals surface area contributed by atoms with Crippen LogP contribution in [0.1, 0.15) is 5.69 Å². The Morgan fingerprint density at radius 3 is 2.28 bits per heavy atom. The highest BCUT2D eigenvalue weighted by Gasteiger charge is 2.62. The molecule has 1 aromatic heterocycles. The van der Waals surface area contributed by atoms with Gasteiger partial charge >= 0.3 is 18.4 Å². The van der Waals surface area contributed by atoms with Gasteiger partial charge in [0.1, 0.15) is 5.82 Å². The van der Waals surface area contributed by atoms with E-state index < -0.39 is 42.8 Å². The first-order valence-corrected chi connectivity index (χ1v) is 9.42. The first-order chi connectivity index (χ1) is 14.9. The third kappa shape index (κ3) is 5.47. The maximum Gasteiger partial charge on any atom is 0.407 e. The van der Waals surface area contributed by atoms with Gasteiger partial charge in [0.25, 0.3) is 0 Å². The number of carboxylic acid groups (broad SMARTS) is 1. The van der Waals surface area contributed by atoms with Crippen molar-refractivity contribution < 1.29 is 40.6 Å². The quantitative estimate of drug-likeness (QED) is 0.660. The molecule has 0 saturated carbocycles. The molecule has 0 radical (unpaired) electrons. The van der Waals surface area contributed by atoms with Crippen molar-refractivity contribution in [2.75, 3.05) is 19.6 Å². The summed E-state index contributed by atoms with van der Waals surface area (Å²) in [6.07, 6.45) is -11.5. The predicted octanol–water partition coefficient (Wildman–Crippen LogP) is 4.79. The molecule has 0 spiro atoms. The Balaban J connectivity index is 1.86. The summed E-state index contributed by atoms with van der Waals surface area (Å²) in [5.41, 5.74) is 1.22. The van der Waals surface area contributed by atoms with Gasteiger partial charge in [0, 0.05) is 44.0 Å². The molecule has 3 rings (SSSR count). The van der Waals surface area contributed by atoms with Crippen LogP contribution in [0.15, 0.2) is 42.6 Å². The lowest BCUT2D eigenvalue weighted by molar-refractivity contribution is -0.302. The molecular weight excluding hydrogens is 447 g/mol. The lowest BCUT2D eigenvalue weighted by Crippen LogP contribution is -2.62. The van der Waals surface area contributed by atoms with Crippen LogP contribution >= 0.6 is 0 Å². The number of pyridine rings is 1. The summed E-state index contributed by atoms with van der Waals surface area (Å²) >= 11 is 0. The standard InChI is InChI=1S/C20H18F7N3O2/c21-14-3-1-2-12(8-14)13-4-5-15(28-9-13)10-29-6-7-30(18(31)32)11-16(29)17(19(22,23)24)20(25,26)27/h1-5,8-9,16-17H,6-7,10-11H2,(H,31,32). The topological polar surface area (TPSA) is 56.7 Å². The number of piperazine rings is 1. The molecule has 174 valence electrons. The van der Waals surface area contributed by atoms with Gasteiger partial charge in [0.15, 0.2) is 5.92 Å². The van der Waals surface area contributed by atoms with Crippen LogP contribution in [0.5, 0.6) is 0 Å². The average molecular weight is 465 g/mol. The third-order valence-electron chi connectivity index (χ3n) is 5.24. The van der Waals surface area contributed by atoms with E-state index in [1.165, 1.54) is 36.5 Å². The molecule has 2 aromatic rings. The zero-order chi connectivity index (χ0) is 23.7. The van der Waals surface area contributed by atoms with Crippen molar-refractivity contribution in [2.45, 2.75) is 24.9 Å². The molecule has 1 unspecified atom stereocenters. The van der Waals surface area contributed by atoms with Gasteiger partial charge in [-0.3, -0.25) is 9.88 Å². The highest BCUT2D eigenvalue weighted by atomic mass is 19.4. The fourth-order valence-corrected chi connectivity index (χ4v) is 3.72. The van der Waals surface area contributed by atoms with E-state index in [0.717, 1.165) is 4.90 Å². The third-order valence-corrected chi connectivity index (χ3v) is 5.24. The maximum atomic E-state index is 13.4. The minimum absolute atomic E-state index is 0.196. The number of rotatable bonds is 4. The molecule has 1 aliphatic heterocycles. The Kier molecular flexibility index (Phi) is 6.63. The smallest absolute Gasteiger partial charge is 0.407 e. The van der Waals surface area contributed by atoms with Crippen LogP contribution in [0.25, 0.3) is 11.1 Å². The lowest BCUT2D eigenvalue weighted by Gasteiger charge is -2.44. The van der Waals surface area contributed by atoms with Crippen LogP contribution in [0.2, 0.25) is 0 Å². The van der Waals surface area contributed by atoms with Gasteiger partial charge < -0.3 is 10.0 Å². The Hall–Kier alpha value is -2.89. The fourth-order valence-electron chi connectivity index (χ4n) is 3.72. The van der Waals surface area contributed by atoms with Crippen LogP contribution < -0.4 is 0 Å². The van der Waals surface area contributed by atoms with Crippen molar-refractivity contribution in [2.24, 2.45) is 5.92 Å². The number of amides is 1. The fraction of sp³-hybridized carbons (Fsp3) is 0.400. The highest BCUT2D eigenvalue weighted by Crippen LogP contribution is 2.44. The number of hydrogen-bond donors (Lipinski definition) is 1. The minimum atomic E-state index is -5.61. The number of hydrogen-bond acceptors (Lipinski definition) is 3. The normalized spacial score (nSPS) is 18.2. The number of aromatic nitrogens is 1. The zero-order valence-electron chi connectivity index (χ0n) is 16.4. The van der Waals surface area contributed by atoms with Gasteiger partial charge in [-0.25, -0.2) is 9.18 Å². The van der Waals surface area contributed by atoms with Gasteiger partial charge in [-0.1, -0.05) is 18.2 Å². The van der Waals surface area contributed by atoms with E-state index in [9.17, 15) is 35.5 Å². The Bertz CT molecular complexity index is 933. The molecule has 1 aromatic carbocycles. The first-order valence-electron chi connectivity index (χ1n) is 9.42. The molecule has 5 nitrogen and oxygen atoms in total. The second kappa shape index (κ2) is 8.93. The molecule has 1 fully saturated rings. The Labute approximate surface area is 178 Å². The highest BCUT2D eigenvalue weighted by molar-refractivity contribution is 5.65. The van der Waals surface area contributed by atoms with E-state index >= 15 is 0 Å². The average Bonchev–Trinajstić information content (AvgIpc) is 2.67. The summed E-state index contributed by atoms with van der Waals surface area (Å²) < 4.78 is 93.5. The molecule has 1 saturated heterocycles. The molecule has 0 aliphatic carbocycles. The second-order valence-corrected chi connectivity index (χ2v) is 7.38. The number of benzene rings is 1. The van der Waals surface area contributed by atoms with Crippen LogP contribution in [0.3, 0.4) is 0 Å². The van der Waals surface area contributed by atoms with Gasteiger partial charge in [0.05, 0.1) is 5.69 Å². The SMILES string of the molecule is O=C(O)N1CCN(Cc2ccc(-c3cccc(F)c3)cn2)C(C(C(F)(F)F)C(F)(F)F)C1. The summed E-state index contributed by atoms with van der Waals surface area (Å²) in [6.45, 7) is -1.85. The van der Waals surface area contributed by atoms with E-state index in [1.54, 1.807) is 6.07 Å². The van der Waals surface area contributed by atoms with Gasteiger partial charge in [-0.2, -0.15) is 26.3 Å². The molecule has 1 aliphatic rings. The summed E-state index contributed by atoms with van der Waals surface area (Å²) in [5, 5.41) is 9.08. The van der Waals surface area contributed by atoms with Crippen molar-refractivity contribution >= 4 is 6.09 Å². The van der Waals surface area contributed by atoms with Gasteiger partial charge in [-0.05, 0) is 23.8 Å². The largest absolute Gasteiger partial charge is 0.465 e. The molecule has 1 amide bonds. The van der Waals surface area contributed by atoms with Crippen molar-refractivity contribution in [3.63, 3.8) is 0 Å². The van der Waals surface area contributed by atoms with Crippen molar-refractivity contribution in [3.8, 4) is 11.1 Å². The van der Waals surface area contributed by atoms with E-state index in [2.05, 4.69) is 4.98 Å². The molecular formula is C20H18F7N3O2. The number of halogens is 7. The minimum Gasteiger partial charge on any atom is -0.465 e. The first kappa shape index (κ1) is 23.8. The van der Waals surface area contributed by atoms with Crippen molar-refractivity contribution in [1.29, 1.82) is 0 Å². The maximum absolute atomic E-state index is 13.4. The van der Waals surface area contributed by atoms with E-state index in [1.807, 2.05) is 0 Å². The molecule has 0 bridgehead atoms. The second-order valence-electron chi connectivity index (χ2n) is 7.38. The van der Waals surface area contributed by atoms with Crippen molar-refractivity contribution in [3.05, 3.63) is 54.1 Å².